The van der Waals surface area contributed by atoms with E-state index in [0.717, 1.165) is 13.1 Å². The second-order valence-corrected chi connectivity index (χ2v) is 4.71. The zero-order chi connectivity index (χ0) is 15.2. The molecule has 0 bridgehead atoms. The van der Waals surface area contributed by atoms with E-state index in [-0.39, 0.29) is 16.9 Å². The normalized spacial score (nSPS) is 15.6. The highest BCUT2D eigenvalue weighted by molar-refractivity contribution is 6.00. The summed E-state index contributed by atoms with van der Waals surface area (Å²) in [5.41, 5.74) is 5.19. The lowest BCUT2D eigenvalue weighted by molar-refractivity contribution is -0.384. The summed E-state index contributed by atoms with van der Waals surface area (Å²) in [6, 6.07) is 4.33. The highest BCUT2D eigenvalue weighted by atomic mass is 16.6. The number of benzene rings is 1. The number of morpholine rings is 1. The lowest BCUT2D eigenvalue weighted by Gasteiger charge is -2.26. The first-order valence-corrected chi connectivity index (χ1v) is 6.71. The number of nitrogens with two attached hydrogens (primary N) is 1. The maximum absolute atomic E-state index is 12.0. The summed E-state index contributed by atoms with van der Waals surface area (Å²) >= 11 is 0. The Bertz CT molecular complexity index is 529. The molecule has 1 heterocycles. The SMILES string of the molecule is Nc1cccc(C(=O)NCCN2CCOCC2)c1[N+](=O)[O-]. The van der Waals surface area contributed by atoms with Gasteiger partial charge in [0.25, 0.3) is 5.91 Å². The first-order chi connectivity index (χ1) is 10.1. The number of nitro benzene ring substituents is 1. The van der Waals surface area contributed by atoms with Crippen molar-refractivity contribution in [1.29, 1.82) is 0 Å². The smallest absolute Gasteiger partial charge is 0.304 e. The van der Waals surface area contributed by atoms with Crippen molar-refractivity contribution in [1.82, 2.24) is 10.2 Å². The van der Waals surface area contributed by atoms with Crippen LogP contribution in [-0.2, 0) is 4.74 Å². The van der Waals surface area contributed by atoms with Crippen molar-refractivity contribution < 1.29 is 14.5 Å². The first kappa shape index (κ1) is 15.2. The minimum absolute atomic E-state index is 0.0121. The number of para-hydroxylation sites is 1. The van der Waals surface area contributed by atoms with E-state index in [2.05, 4.69) is 10.2 Å². The van der Waals surface area contributed by atoms with Gasteiger partial charge in [0, 0.05) is 26.2 Å². The molecule has 1 aromatic carbocycles. The molecule has 0 saturated carbocycles. The average molecular weight is 294 g/mol. The first-order valence-electron chi connectivity index (χ1n) is 6.71. The molecule has 0 aromatic heterocycles. The number of amides is 1. The highest BCUT2D eigenvalue weighted by Crippen LogP contribution is 2.25. The van der Waals surface area contributed by atoms with Gasteiger partial charge in [0.15, 0.2) is 0 Å². The van der Waals surface area contributed by atoms with Gasteiger partial charge in [-0.3, -0.25) is 19.8 Å². The molecule has 0 radical (unpaired) electrons. The van der Waals surface area contributed by atoms with Crippen LogP contribution in [0.2, 0.25) is 0 Å². The second-order valence-electron chi connectivity index (χ2n) is 4.71. The topological polar surface area (TPSA) is 111 Å². The summed E-state index contributed by atoms with van der Waals surface area (Å²) in [7, 11) is 0. The number of anilines is 1. The van der Waals surface area contributed by atoms with Crippen molar-refractivity contribution in [2.75, 3.05) is 45.1 Å². The third kappa shape index (κ3) is 3.89. The van der Waals surface area contributed by atoms with Gasteiger partial charge in [0.1, 0.15) is 11.3 Å². The monoisotopic (exact) mass is 294 g/mol. The lowest BCUT2D eigenvalue weighted by atomic mass is 10.1. The Hall–Kier alpha value is -2.19. The third-order valence-corrected chi connectivity index (χ3v) is 3.31. The maximum Gasteiger partial charge on any atom is 0.304 e. The summed E-state index contributed by atoms with van der Waals surface area (Å²) in [6.45, 7) is 4.14. The molecule has 114 valence electrons. The van der Waals surface area contributed by atoms with E-state index >= 15 is 0 Å². The fourth-order valence-electron chi connectivity index (χ4n) is 2.20. The van der Waals surface area contributed by atoms with Gasteiger partial charge in [-0.05, 0) is 12.1 Å². The molecular weight excluding hydrogens is 276 g/mol. The lowest BCUT2D eigenvalue weighted by Crippen LogP contribution is -2.41. The number of ether oxygens (including phenoxy) is 1. The summed E-state index contributed by atoms with van der Waals surface area (Å²) in [5, 5.41) is 13.7. The summed E-state index contributed by atoms with van der Waals surface area (Å²) in [5.74, 6) is -0.484. The molecule has 8 heteroatoms. The van der Waals surface area contributed by atoms with Crippen molar-refractivity contribution in [3.63, 3.8) is 0 Å². The number of hydrogen-bond acceptors (Lipinski definition) is 6. The van der Waals surface area contributed by atoms with Crippen LogP contribution in [0, 0.1) is 10.1 Å². The van der Waals surface area contributed by atoms with Gasteiger partial charge in [-0.25, -0.2) is 0 Å². The molecule has 2 rings (SSSR count). The predicted octanol–water partition coefficient (Wildman–Crippen LogP) is 0.239. The minimum Gasteiger partial charge on any atom is -0.393 e. The van der Waals surface area contributed by atoms with Crippen LogP contribution in [0.4, 0.5) is 11.4 Å². The van der Waals surface area contributed by atoms with Gasteiger partial charge in [-0.1, -0.05) is 6.07 Å². The molecule has 0 unspecified atom stereocenters. The number of nitrogen functional groups attached to an aromatic ring is 1. The second kappa shape index (κ2) is 7.00. The maximum atomic E-state index is 12.0. The summed E-state index contributed by atoms with van der Waals surface area (Å²) in [6.07, 6.45) is 0. The number of carbonyl (C=O) groups excluding carboxylic acids is 1. The molecule has 1 saturated heterocycles. The van der Waals surface area contributed by atoms with E-state index in [4.69, 9.17) is 10.5 Å². The van der Waals surface area contributed by atoms with E-state index in [9.17, 15) is 14.9 Å². The van der Waals surface area contributed by atoms with Gasteiger partial charge in [-0.2, -0.15) is 0 Å². The van der Waals surface area contributed by atoms with E-state index in [0.29, 0.717) is 26.3 Å². The number of carbonyl (C=O) groups is 1. The molecule has 1 aliphatic rings. The fourth-order valence-corrected chi connectivity index (χ4v) is 2.20. The standard InChI is InChI=1S/C13H18N4O4/c14-11-3-1-2-10(12(11)17(19)20)13(18)15-4-5-16-6-8-21-9-7-16/h1-3H,4-9,14H2,(H,15,18). The number of hydrogen-bond donors (Lipinski definition) is 2. The molecule has 3 N–H and O–H groups in total. The van der Waals surface area contributed by atoms with Crippen molar-refractivity contribution >= 4 is 17.3 Å². The Morgan fingerprint density at radius 1 is 1.43 bits per heavy atom. The molecule has 1 fully saturated rings. The van der Waals surface area contributed by atoms with Crippen molar-refractivity contribution in [3.8, 4) is 0 Å². The molecule has 0 spiro atoms. The molecule has 1 aliphatic heterocycles. The molecule has 0 atom stereocenters. The van der Waals surface area contributed by atoms with Crippen LogP contribution in [0.25, 0.3) is 0 Å². The Balaban J connectivity index is 1.94. The minimum atomic E-state index is -0.633. The highest BCUT2D eigenvalue weighted by Gasteiger charge is 2.22. The van der Waals surface area contributed by atoms with E-state index < -0.39 is 10.8 Å². The summed E-state index contributed by atoms with van der Waals surface area (Å²) < 4.78 is 5.23. The Labute approximate surface area is 122 Å². The fraction of sp³-hybridized carbons (Fsp3) is 0.462. The predicted molar refractivity (Wildman–Crippen MR) is 77.1 cm³/mol. The average Bonchev–Trinajstić information content (AvgIpc) is 2.47. The van der Waals surface area contributed by atoms with Gasteiger partial charge in [0.2, 0.25) is 0 Å². The zero-order valence-corrected chi connectivity index (χ0v) is 11.6. The van der Waals surface area contributed by atoms with Crippen LogP contribution < -0.4 is 11.1 Å². The summed E-state index contributed by atoms with van der Waals surface area (Å²) in [4.78, 5) is 24.6. The molecule has 8 nitrogen and oxygen atoms in total. The number of nitro groups is 1. The number of rotatable bonds is 5. The van der Waals surface area contributed by atoms with Crippen LogP contribution in [0.3, 0.4) is 0 Å². The Morgan fingerprint density at radius 2 is 2.14 bits per heavy atom. The van der Waals surface area contributed by atoms with Gasteiger partial charge in [0.05, 0.1) is 18.1 Å². The van der Waals surface area contributed by atoms with Crippen LogP contribution in [0.1, 0.15) is 10.4 Å². The van der Waals surface area contributed by atoms with Crippen molar-refractivity contribution in [3.05, 3.63) is 33.9 Å². The molecular formula is C13H18N4O4. The Morgan fingerprint density at radius 3 is 2.81 bits per heavy atom. The van der Waals surface area contributed by atoms with Crippen molar-refractivity contribution in [2.45, 2.75) is 0 Å². The van der Waals surface area contributed by atoms with Crippen molar-refractivity contribution in [2.24, 2.45) is 0 Å². The van der Waals surface area contributed by atoms with E-state index in [1.54, 1.807) is 0 Å². The molecule has 21 heavy (non-hydrogen) atoms. The van der Waals surface area contributed by atoms with Gasteiger partial charge in [-0.15, -0.1) is 0 Å². The third-order valence-electron chi connectivity index (χ3n) is 3.31. The van der Waals surface area contributed by atoms with Crippen LogP contribution >= 0.6 is 0 Å². The molecule has 1 aromatic rings. The largest absolute Gasteiger partial charge is 0.393 e. The van der Waals surface area contributed by atoms with Crippen LogP contribution in [0.15, 0.2) is 18.2 Å². The van der Waals surface area contributed by atoms with E-state index in [1.807, 2.05) is 0 Å². The number of nitrogens with one attached hydrogen (secondary N) is 1. The van der Waals surface area contributed by atoms with Gasteiger partial charge < -0.3 is 15.8 Å². The van der Waals surface area contributed by atoms with Crippen LogP contribution in [-0.4, -0.2) is 55.1 Å². The molecule has 1 amide bonds. The van der Waals surface area contributed by atoms with E-state index in [1.165, 1.54) is 18.2 Å². The van der Waals surface area contributed by atoms with Gasteiger partial charge >= 0.3 is 5.69 Å². The number of nitrogens with zero attached hydrogens (tertiary/aromatic N) is 2. The quantitative estimate of drug-likeness (QED) is 0.457. The Kier molecular flexibility index (Phi) is 5.07. The van der Waals surface area contributed by atoms with Crippen LogP contribution in [0.5, 0.6) is 0 Å². The zero-order valence-electron chi connectivity index (χ0n) is 11.6. The molecule has 0 aliphatic carbocycles.